The summed E-state index contributed by atoms with van der Waals surface area (Å²) in [4.78, 5) is 12.4. The van der Waals surface area contributed by atoms with Crippen LogP contribution in [0.25, 0.3) is 6.08 Å². The van der Waals surface area contributed by atoms with Gasteiger partial charge in [0.1, 0.15) is 37.1 Å². The molecule has 1 aliphatic rings. The van der Waals surface area contributed by atoms with Crippen LogP contribution in [0.4, 0.5) is 0 Å². The fourth-order valence-corrected chi connectivity index (χ4v) is 2.79. The summed E-state index contributed by atoms with van der Waals surface area (Å²) in [6.07, 6.45) is 3.07. The highest BCUT2D eigenvalue weighted by atomic mass is 16.6. The molecule has 2 heterocycles. The first-order valence-electron chi connectivity index (χ1n) is 9.05. The zero-order chi connectivity index (χ0) is 20.1. The van der Waals surface area contributed by atoms with Gasteiger partial charge in [-0.15, -0.1) is 0 Å². The van der Waals surface area contributed by atoms with Gasteiger partial charge in [-0.3, -0.25) is 4.79 Å². The van der Waals surface area contributed by atoms with Gasteiger partial charge in [0.05, 0.1) is 11.6 Å². The molecule has 0 saturated heterocycles. The van der Waals surface area contributed by atoms with Crippen LogP contribution >= 0.6 is 0 Å². The minimum atomic E-state index is -0.159. The Hall–Kier alpha value is -3.98. The molecule has 2 aromatic carbocycles. The molecule has 0 radical (unpaired) electrons. The minimum absolute atomic E-state index is 0.159. The molecule has 144 valence electrons. The summed E-state index contributed by atoms with van der Waals surface area (Å²) >= 11 is 0. The van der Waals surface area contributed by atoms with Crippen molar-refractivity contribution in [3.63, 3.8) is 0 Å². The van der Waals surface area contributed by atoms with E-state index in [0.29, 0.717) is 53.1 Å². The number of furan rings is 1. The second-order valence-corrected chi connectivity index (χ2v) is 6.28. The van der Waals surface area contributed by atoms with E-state index >= 15 is 0 Å². The number of nitriles is 1. The van der Waals surface area contributed by atoms with Crippen LogP contribution in [-0.4, -0.2) is 19.0 Å². The highest BCUT2D eigenvalue weighted by molar-refractivity contribution is 6.07. The molecule has 6 nitrogen and oxygen atoms in total. The molecule has 0 atom stereocenters. The topological polar surface area (TPSA) is 81.7 Å². The Kier molecular flexibility index (Phi) is 5.30. The Bertz CT molecular complexity index is 1090. The second kappa shape index (κ2) is 8.36. The molecule has 0 amide bonds. The Balaban J connectivity index is 1.36. The smallest absolute Gasteiger partial charge is 0.186 e. The molecule has 3 aromatic rings. The predicted octanol–water partition coefficient (Wildman–Crippen LogP) is 4.40. The van der Waals surface area contributed by atoms with Gasteiger partial charge in [-0.25, -0.2) is 0 Å². The fraction of sp³-hybridized carbons (Fsp3) is 0.130. The molecule has 0 saturated carbocycles. The van der Waals surface area contributed by atoms with Gasteiger partial charge < -0.3 is 18.6 Å². The van der Waals surface area contributed by atoms with Crippen molar-refractivity contribution in [2.45, 2.75) is 6.61 Å². The predicted molar refractivity (Wildman–Crippen MR) is 105 cm³/mol. The third kappa shape index (κ3) is 4.47. The van der Waals surface area contributed by atoms with Gasteiger partial charge in [-0.2, -0.15) is 5.26 Å². The first kappa shape index (κ1) is 18.4. The number of hydrogen-bond donors (Lipinski definition) is 0. The lowest BCUT2D eigenvalue weighted by Crippen LogP contribution is -2.15. The van der Waals surface area contributed by atoms with Crippen molar-refractivity contribution in [1.82, 2.24) is 0 Å². The van der Waals surface area contributed by atoms with Crippen molar-refractivity contribution in [3.8, 4) is 23.3 Å². The third-order valence-electron chi connectivity index (χ3n) is 4.27. The van der Waals surface area contributed by atoms with Crippen molar-refractivity contribution in [2.75, 3.05) is 13.2 Å². The average Bonchev–Trinajstić information content (AvgIpc) is 3.24. The maximum absolute atomic E-state index is 12.4. The fourth-order valence-electron chi connectivity index (χ4n) is 2.79. The van der Waals surface area contributed by atoms with Crippen molar-refractivity contribution >= 4 is 11.9 Å². The Morgan fingerprint density at radius 2 is 1.83 bits per heavy atom. The SMILES string of the molecule is N#Cc1ccc(OCc2ccc(/C=C/C(=O)c3ccc4c(c3)OCCO4)o2)cc1. The zero-order valence-electron chi connectivity index (χ0n) is 15.5. The molecule has 0 fully saturated rings. The number of carbonyl (C=O) groups excluding carboxylic acids is 1. The Morgan fingerprint density at radius 1 is 1.03 bits per heavy atom. The van der Waals surface area contributed by atoms with Crippen molar-refractivity contribution in [3.05, 3.63) is 83.3 Å². The molecule has 0 aliphatic carbocycles. The van der Waals surface area contributed by atoms with Crippen molar-refractivity contribution in [1.29, 1.82) is 5.26 Å². The molecule has 6 heteroatoms. The van der Waals surface area contributed by atoms with Crippen molar-refractivity contribution < 1.29 is 23.4 Å². The van der Waals surface area contributed by atoms with Crippen LogP contribution in [0.15, 0.2) is 65.1 Å². The van der Waals surface area contributed by atoms with E-state index in [1.807, 2.05) is 0 Å². The lowest BCUT2D eigenvalue weighted by molar-refractivity contribution is 0.104. The number of ketones is 1. The van der Waals surface area contributed by atoms with Crippen LogP contribution in [0.1, 0.15) is 27.4 Å². The van der Waals surface area contributed by atoms with Gasteiger partial charge in [0.2, 0.25) is 0 Å². The van der Waals surface area contributed by atoms with E-state index in [9.17, 15) is 4.79 Å². The quantitative estimate of drug-likeness (QED) is 0.461. The second-order valence-electron chi connectivity index (χ2n) is 6.28. The summed E-state index contributed by atoms with van der Waals surface area (Å²) in [7, 11) is 0. The number of ether oxygens (including phenoxy) is 3. The standard InChI is InChI=1S/C23H17NO5/c24-14-16-1-4-18(5-2-16)28-15-20-7-6-19(29-20)8-9-21(25)17-3-10-22-23(13-17)27-12-11-26-22/h1-10,13H,11-12,15H2/b9-8+. The summed E-state index contributed by atoms with van der Waals surface area (Å²) in [6, 6.07) is 17.6. The number of hydrogen-bond acceptors (Lipinski definition) is 6. The van der Waals surface area contributed by atoms with Crippen molar-refractivity contribution in [2.24, 2.45) is 0 Å². The Morgan fingerprint density at radius 3 is 2.62 bits per heavy atom. The molecular formula is C23H17NO5. The summed E-state index contributed by atoms with van der Waals surface area (Å²) in [6.45, 7) is 1.23. The number of nitrogens with zero attached hydrogens (tertiary/aromatic N) is 1. The van der Waals surface area contributed by atoms with E-state index in [2.05, 4.69) is 6.07 Å². The monoisotopic (exact) mass is 387 g/mol. The number of carbonyl (C=O) groups is 1. The van der Waals surface area contributed by atoms with E-state index in [1.165, 1.54) is 6.08 Å². The minimum Gasteiger partial charge on any atom is -0.486 e. The van der Waals surface area contributed by atoms with Gasteiger partial charge in [0.15, 0.2) is 17.3 Å². The third-order valence-corrected chi connectivity index (χ3v) is 4.27. The number of rotatable bonds is 6. The molecule has 4 rings (SSSR count). The summed E-state index contributed by atoms with van der Waals surface area (Å²) in [5.74, 6) is 2.89. The summed E-state index contributed by atoms with van der Waals surface area (Å²) in [5.41, 5.74) is 1.09. The highest BCUT2D eigenvalue weighted by Crippen LogP contribution is 2.31. The number of fused-ring (bicyclic) bond motifs is 1. The Labute approximate surface area is 167 Å². The van der Waals surface area contributed by atoms with E-state index in [1.54, 1.807) is 60.7 Å². The molecule has 0 bridgehead atoms. The normalized spacial score (nSPS) is 12.5. The van der Waals surface area contributed by atoms with Crippen LogP contribution in [0.3, 0.4) is 0 Å². The molecular weight excluding hydrogens is 370 g/mol. The summed E-state index contributed by atoms with van der Waals surface area (Å²) < 4.78 is 22.3. The van der Waals surface area contributed by atoms with E-state index in [4.69, 9.17) is 23.9 Å². The molecule has 1 aromatic heterocycles. The van der Waals surface area contributed by atoms with Crippen LogP contribution in [-0.2, 0) is 6.61 Å². The molecule has 0 spiro atoms. The van der Waals surface area contributed by atoms with Gasteiger partial charge in [-0.1, -0.05) is 0 Å². The van der Waals surface area contributed by atoms with E-state index in [-0.39, 0.29) is 12.4 Å². The first-order chi connectivity index (χ1) is 14.2. The van der Waals surface area contributed by atoms with E-state index < -0.39 is 0 Å². The largest absolute Gasteiger partial charge is 0.486 e. The average molecular weight is 387 g/mol. The number of benzene rings is 2. The van der Waals surface area contributed by atoms with Gasteiger partial charge in [-0.05, 0) is 66.7 Å². The van der Waals surface area contributed by atoms with Crippen LogP contribution in [0.2, 0.25) is 0 Å². The van der Waals surface area contributed by atoms with Gasteiger partial charge >= 0.3 is 0 Å². The lowest BCUT2D eigenvalue weighted by Gasteiger charge is -2.18. The lowest BCUT2D eigenvalue weighted by atomic mass is 10.1. The maximum Gasteiger partial charge on any atom is 0.186 e. The summed E-state index contributed by atoms with van der Waals surface area (Å²) in [5, 5.41) is 8.81. The molecule has 1 aliphatic heterocycles. The van der Waals surface area contributed by atoms with Crippen LogP contribution in [0.5, 0.6) is 17.2 Å². The van der Waals surface area contributed by atoms with Gasteiger partial charge in [0.25, 0.3) is 0 Å². The zero-order valence-corrected chi connectivity index (χ0v) is 15.5. The number of allylic oxidation sites excluding steroid dienone is 1. The van der Waals surface area contributed by atoms with Gasteiger partial charge in [0, 0.05) is 5.56 Å². The molecule has 0 unspecified atom stereocenters. The van der Waals surface area contributed by atoms with Crippen LogP contribution < -0.4 is 14.2 Å². The highest BCUT2D eigenvalue weighted by Gasteiger charge is 2.13. The first-order valence-corrected chi connectivity index (χ1v) is 9.05. The van der Waals surface area contributed by atoms with Crippen LogP contribution in [0, 0.1) is 11.3 Å². The molecule has 29 heavy (non-hydrogen) atoms. The maximum atomic E-state index is 12.4. The van der Waals surface area contributed by atoms with E-state index in [0.717, 1.165) is 0 Å². The molecule has 0 N–H and O–H groups in total.